The van der Waals surface area contributed by atoms with Gasteiger partial charge in [-0.1, -0.05) is 30.3 Å². The largest absolute Gasteiger partial charge is 0.506 e. The summed E-state index contributed by atoms with van der Waals surface area (Å²) < 4.78 is 0. The lowest BCUT2D eigenvalue weighted by Crippen LogP contribution is -2.36. The molecular formula is C15H16N2O3. The molecule has 0 unspecified atom stereocenters. The molecule has 2 N–H and O–H groups in total. The van der Waals surface area contributed by atoms with Gasteiger partial charge in [-0.2, -0.15) is 0 Å². The van der Waals surface area contributed by atoms with Crippen LogP contribution in [-0.2, 0) is 4.79 Å². The number of aromatic hydroxyl groups is 1. The molecule has 0 aliphatic rings. The lowest BCUT2D eigenvalue weighted by Gasteiger charge is -2.17. The van der Waals surface area contributed by atoms with E-state index in [0.717, 1.165) is 5.39 Å². The molecule has 5 nitrogen and oxygen atoms in total. The number of phenolic OH excluding ortho intramolecular Hbond substituents is 1. The molecule has 0 atom stereocenters. The van der Waals surface area contributed by atoms with Crippen molar-refractivity contribution in [2.45, 2.75) is 0 Å². The van der Waals surface area contributed by atoms with Crippen molar-refractivity contribution in [2.24, 2.45) is 0 Å². The highest BCUT2D eigenvalue weighted by molar-refractivity contribution is 6.04. The van der Waals surface area contributed by atoms with E-state index in [2.05, 4.69) is 5.32 Å². The van der Waals surface area contributed by atoms with Crippen LogP contribution < -0.4 is 5.32 Å². The van der Waals surface area contributed by atoms with E-state index in [0.29, 0.717) is 5.39 Å². The second-order valence-corrected chi connectivity index (χ2v) is 4.52. The number of rotatable bonds is 3. The van der Waals surface area contributed by atoms with Crippen LogP contribution in [0.2, 0.25) is 0 Å². The molecule has 0 spiro atoms. The Balaban J connectivity index is 2.35. The number of amides is 2. The molecule has 5 heteroatoms. The molecule has 20 heavy (non-hydrogen) atoms. The third-order valence-electron chi connectivity index (χ3n) is 3.14. The first-order valence-electron chi connectivity index (χ1n) is 6.21. The number of nitrogens with zero attached hydrogens (tertiary/aromatic N) is 1. The van der Waals surface area contributed by atoms with Gasteiger partial charge >= 0.3 is 0 Å². The molecule has 2 amide bonds. The molecule has 104 valence electrons. The maximum absolute atomic E-state index is 12.2. The number of nitrogens with one attached hydrogen (secondary N) is 1. The van der Waals surface area contributed by atoms with Crippen LogP contribution >= 0.6 is 0 Å². The number of benzene rings is 2. The SMILES string of the molecule is CNC(=O)CN(C)C(=O)c1ccc2ccccc2c1O. The highest BCUT2D eigenvalue weighted by Gasteiger charge is 2.18. The molecule has 2 aromatic rings. The third kappa shape index (κ3) is 2.56. The zero-order valence-electron chi connectivity index (χ0n) is 11.4. The average Bonchev–Trinajstić information content (AvgIpc) is 2.47. The van der Waals surface area contributed by atoms with Crippen LogP contribution in [0.4, 0.5) is 0 Å². The molecule has 0 fully saturated rings. The lowest BCUT2D eigenvalue weighted by atomic mass is 10.0. The lowest BCUT2D eigenvalue weighted by molar-refractivity contribution is -0.121. The molecule has 0 saturated heterocycles. The zero-order chi connectivity index (χ0) is 14.7. The average molecular weight is 272 g/mol. The van der Waals surface area contributed by atoms with Crippen molar-refractivity contribution in [2.75, 3.05) is 20.6 Å². The molecule has 0 aliphatic carbocycles. The molecule has 0 saturated carbocycles. The Labute approximate surface area is 116 Å². The van der Waals surface area contributed by atoms with Crippen LogP contribution in [-0.4, -0.2) is 42.5 Å². The predicted octanol–water partition coefficient (Wildman–Crippen LogP) is 1.36. The number of carbonyl (C=O) groups excluding carboxylic acids is 2. The van der Waals surface area contributed by atoms with Gasteiger partial charge in [0.1, 0.15) is 5.75 Å². The van der Waals surface area contributed by atoms with Crippen LogP contribution in [0.5, 0.6) is 5.75 Å². The molecule has 0 heterocycles. The molecule has 2 aromatic carbocycles. The molecule has 2 rings (SSSR count). The smallest absolute Gasteiger partial charge is 0.257 e. The van der Waals surface area contributed by atoms with E-state index in [-0.39, 0.29) is 23.8 Å². The highest BCUT2D eigenvalue weighted by Crippen LogP contribution is 2.29. The second kappa shape index (κ2) is 5.61. The van der Waals surface area contributed by atoms with E-state index < -0.39 is 5.91 Å². The van der Waals surface area contributed by atoms with E-state index in [4.69, 9.17) is 0 Å². The summed E-state index contributed by atoms with van der Waals surface area (Å²) in [5.74, 6) is -0.713. The molecule has 0 bridgehead atoms. The predicted molar refractivity (Wildman–Crippen MR) is 76.6 cm³/mol. The van der Waals surface area contributed by atoms with Crippen molar-refractivity contribution < 1.29 is 14.7 Å². The van der Waals surface area contributed by atoms with E-state index in [1.54, 1.807) is 24.3 Å². The first-order valence-corrected chi connectivity index (χ1v) is 6.21. The topological polar surface area (TPSA) is 69.6 Å². The number of fused-ring (bicyclic) bond motifs is 1. The van der Waals surface area contributed by atoms with Crippen molar-refractivity contribution in [1.29, 1.82) is 0 Å². The summed E-state index contributed by atoms with van der Waals surface area (Å²) in [6.07, 6.45) is 0. The number of hydrogen-bond acceptors (Lipinski definition) is 3. The summed E-state index contributed by atoms with van der Waals surface area (Å²) in [4.78, 5) is 24.8. The summed E-state index contributed by atoms with van der Waals surface area (Å²) in [7, 11) is 3.03. The highest BCUT2D eigenvalue weighted by atomic mass is 16.3. The number of hydrogen-bond donors (Lipinski definition) is 2. The van der Waals surface area contributed by atoms with Gasteiger partial charge in [0.2, 0.25) is 5.91 Å². The Morgan fingerprint density at radius 3 is 2.60 bits per heavy atom. The fourth-order valence-electron chi connectivity index (χ4n) is 2.00. The van der Waals surface area contributed by atoms with Crippen LogP contribution in [0.1, 0.15) is 10.4 Å². The van der Waals surface area contributed by atoms with Gasteiger partial charge in [-0.05, 0) is 11.5 Å². The van der Waals surface area contributed by atoms with E-state index in [1.807, 2.05) is 12.1 Å². The third-order valence-corrected chi connectivity index (χ3v) is 3.14. The van der Waals surface area contributed by atoms with E-state index in [9.17, 15) is 14.7 Å². The first-order chi connectivity index (χ1) is 9.54. The van der Waals surface area contributed by atoms with Crippen molar-refractivity contribution in [1.82, 2.24) is 10.2 Å². The van der Waals surface area contributed by atoms with Gasteiger partial charge < -0.3 is 15.3 Å². The Bertz CT molecular complexity index is 667. The minimum atomic E-state index is -0.392. The minimum Gasteiger partial charge on any atom is -0.506 e. The Morgan fingerprint density at radius 1 is 1.20 bits per heavy atom. The normalized spacial score (nSPS) is 10.3. The summed E-state index contributed by atoms with van der Waals surface area (Å²) in [6, 6.07) is 10.6. The van der Waals surface area contributed by atoms with E-state index >= 15 is 0 Å². The summed E-state index contributed by atoms with van der Waals surface area (Å²) in [6.45, 7) is -0.0540. The van der Waals surface area contributed by atoms with Gasteiger partial charge in [-0.3, -0.25) is 9.59 Å². The molecular weight excluding hydrogens is 256 g/mol. The molecule has 0 aliphatic heterocycles. The fourth-order valence-corrected chi connectivity index (χ4v) is 2.00. The van der Waals surface area contributed by atoms with Crippen LogP contribution in [0.15, 0.2) is 36.4 Å². The van der Waals surface area contributed by atoms with Gasteiger partial charge in [0, 0.05) is 19.5 Å². The van der Waals surface area contributed by atoms with Crippen LogP contribution in [0, 0.1) is 0 Å². The van der Waals surface area contributed by atoms with Crippen molar-refractivity contribution in [3.63, 3.8) is 0 Å². The second-order valence-electron chi connectivity index (χ2n) is 4.52. The number of likely N-dealkylation sites (N-methyl/N-ethyl adjacent to an activating group) is 2. The van der Waals surface area contributed by atoms with Gasteiger partial charge in [-0.25, -0.2) is 0 Å². The van der Waals surface area contributed by atoms with Gasteiger partial charge in [0.05, 0.1) is 12.1 Å². The minimum absolute atomic E-state index is 0.0540. The van der Waals surface area contributed by atoms with Crippen LogP contribution in [0.3, 0.4) is 0 Å². The van der Waals surface area contributed by atoms with E-state index in [1.165, 1.54) is 19.0 Å². The number of carbonyl (C=O) groups is 2. The van der Waals surface area contributed by atoms with Gasteiger partial charge in [0.25, 0.3) is 5.91 Å². The Kier molecular flexibility index (Phi) is 3.89. The standard InChI is InChI=1S/C15H16N2O3/c1-16-13(18)9-17(2)15(20)12-8-7-10-5-3-4-6-11(10)14(12)19/h3-8,19H,9H2,1-2H3,(H,16,18). The van der Waals surface area contributed by atoms with Crippen molar-refractivity contribution >= 4 is 22.6 Å². The zero-order valence-corrected chi connectivity index (χ0v) is 11.4. The fraction of sp³-hybridized carbons (Fsp3) is 0.200. The summed E-state index contributed by atoms with van der Waals surface area (Å²) in [5.41, 5.74) is 0.190. The number of phenols is 1. The van der Waals surface area contributed by atoms with Gasteiger partial charge in [0.15, 0.2) is 0 Å². The van der Waals surface area contributed by atoms with Gasteiger partial charge in [-0.15, -0.1) is 0 Å². The Hall–Kier alpha value is -2.56. The maximum Gasteiger partial charge on any atom is 0.257 e. The monoisotopic (exact) mass is 272 g/mol. The quantitative estimate of drug-likeness (QED) is 0.886. The Morgan fingerprint density at radius 2 is 1.90 bits per heavy atom. The molecule has 0 aromatic heterocycles. The van der Waals surface area contributed by atoms with Crippen LogP contribution in [0.25, 0.3) is 10.8 Å². The maximum atomic E-state index is 12.2. The first kappa shape index (κ1) is 13.9. The summed E-state index contributed by atoms with van der Waals surface area (Å²) >= 11 is 0. The van der Waals surface area contributed by atoms with Crippen molar-refractivity contribution in [3.05, 3.63) is 42.0 Å². The summed E-state index contributed by atoms with van der Waals surface area (Å²) in [5, 5.41) is 14.1. The molecule has 0 radical (unpaired) electrons. The van der Waals surface area contributed by atoms with Crippen molar-refractivity contribution in [3.8, 4) is 5.75 Å².